The van der Waals surface area contributed by atoms with E-state index in [1.165, 1.54) is 0 Å². The Morgan fingerprint density at radius 2 is 1.85 bits per heavy atom. The van der Waals surface area contributed by atoms with Gasteiger partial charge in [-0.3, -0.25) is 0 Å². The third-order valence-corrected chi connectivity index (χ3v) is 3.06. The fourth-order valence-electron chi connectivity index (χ4n) is 2.00. The van der Waals surface area contributed by atoms with Gasteiger partial charge in [-0.15, -0.1) is 0 Å². The van der Waals surface area contributed by atoms with E-state index in [2.05, 4.69) is 11.4 Å². The second-order valence-corrected chi connectivity index (χ2v) is 4.63. The highest BCUT2D eigenvalue weighted by Gasteiger charge is 1.99. The Hall–Kier alpha value is -2.16. The lowest BCUT2D eigenvalue weighted by atomic mass is 10.2. The van der Waals surface area contributed by atoms with Crippen molar-refractivity contribution in [2.45, 2.75) is 13.3 Å². The van der Waals surface area contributed by atoms with Crippen LogP contribution in [-0.2, 0) is 0 Å². The Morgan fingerprint density at radius 1 is 1.05 bits per heavy atom. The minimum atomic E-state index is 0.714. The van der Waals surface area contributed by atoms with Crippen LogP contribution in [0.5, 0.6) is 11.5 Å². The smallest absolute Gasteiger partial charge is 0.121 e. The van der Waals surface area contributed by atoms with Crippen LogP contribution >= 0.6 is 0 Å². The Balaban J connectivity index is 1.69. The van der Waals surface area contributed by atoms with Gasteiger partial charge in [0.1, 0.15) is 11.5 Å². The summed E-state index contributed by atoms with van der Waals surface area (Å²) in [5, 5.41) is 3.39. The number of anilines is 1. The Labute approximate surface area is 120 Å². The van der Waals surface area contributed by atoms with Crippen LogP contribution in [0.2, 0.25) is 0 Å². The molecule has 0 aromatic heterocycles. The van der Waals surface area contributed by atoms with E-state index < -0.39 is 0 Å². The van der Waals surface area contributed by atoms with Gasteiger partial charge in [0.05, 0.1) is 13.7 Å². The Kier molecular flexibility index (Phi) is 5.30. The highest BCUT2D eigenvalue weighted by molar-refractivity contribution is 5.50. The molecule has 3 heteroatoms. The van der Waals surface area contributed by atoms with E-state index in [-0.39, 0.29) is 0 Å². The summed E-state index contributed by atoms with van der Waals surface area (Å²) in [5.41, 5.74) is 2.25. The molecule has 0 spiro atoms. The van der Waals surface area contributed by atoms with Crippen LogP contribution in [0.3, 0.4) is 0 Å². The predicted molar refractivity (Wildman–Crippen MR) is 82.8 cm³/mol. The van der Waals surface area contributed by atoms with E-state index in [0.717, 1.165) is 35.7 Å². The van der Waals surface area contributed by atoms with E-state index in [9.17, 15) is 0 Å². The topological polar surface area (TPSA) is 30.5 Å². The third kappa shape index (κ3) is 4.19. The minimum absolute atomic E-state index is 0.714. The minimum Gasteiger partial charge on any atom is -0.496 e. The van der Waals surface area contributed by atoms with Crippen molar-refractivity contribution < 1.29 is 9.47 Å². The molecule has 2 aromatic carbocycles. The quantitative estimate of drug-likeness (QED) is 0.775. The summed E-state index contributed by atoms with van der Waals surface area (Å²) < 4.78 is 10.9. The zero-order valence-electron chi connectivity index (χ0n) is 12.1. The molecule has 1 N–H and O–H groups in total. The van der Waals surface area contributed by atoms with Crippen LogP contribution in [0.1, 0.15) is 12.0 Å². The number of rotatable bonds is 7. The molecule has 0 aliphatic heterocycles. The van der Waals surface area contributed by atoms with Gasteiger partial charge in [-0.05, 0) is 49.2 Å². The summed E-state index contributed by atoms with van der Waals surface area (Å²) >= 11 is 0. The fourth-order valence-corrected chi connectivity index (χ4v) is 2.00. The molecule has 0 aliphatic rings. The standard InChI is InChI=1S/C17H21NO2/c1-14-13-15(9-10-17(14)19-2)18-11-6-12-20-16-7-4-3-5-8-16/h3-5,7-10,13,18H,6,11-12H2,1-2H3. The fraction of sp³-hybridized carbons (Fsp3) is 0.294. The van der Waals surface area contributed by atoms with Crippen molar-refractivity contribution in [2.75, 3.05) is 25.6 Å². The molecule has 106 valence electrons. The number of benzene rings is 2. The largest absolute Gasteiger partial charge is 0.496 e. The maximum absolute atomic E-state index is 5.64. The number of hydrogen-bond donors (Lipinski definition) is 1. The molecule has 0 aliphatic carbocycles. The van der Waals surface area contributed by atoms with Crippen molar-refractivity contribution in [3.63, 3.8) is 0 Å². The van der Waals surface area contributed by atoms with Gasteiger partial charge in [-0.1, -0.05) is 18.2 Å². The molecule has 0 heterocycles. The summed E-state index contributed by atoms with van der Waals surface area (Å²) in [4.78, 5) is 0. The SMILES string of the molecule is COc1ccc(NCCCOc2ccccc2)cc1C. The van der Waals surface area contributed by atoms with Gasteiger partial charge in [-0.2, -0.15) is 0 Å². The first-order valence-corrected chi connectivity index (χ1v) is 6.86. The lowest BCUT2D eigenvalue weighted by Crippen LogP contribution is -2.07. The van der Waals surface area contributed by atoms with Crippen LogP contribution in [0.25, 0.3) is 0 Å². The normalized spacial score (nSPS) is 10.1. The van der Waals surface area contributed by atoms with Crippen molar-refractivity contribution in [3.05, 3.63) is 54.1 Å². The first kappa shape index (κ1) is 14.3. The lowest BCUT2D eigenvalue weighted by molar-refractivity contribution is 0.315. The first-order chi connectivity index (χ1) is 9.79. The average molecular weight is 271 g/mol. The molecule has 2 rings (SSSR count). The van der Waals surface area contributed by atoms with Crippen molar-refractivity contribution in [1.29, 1.82) is 0 Å². The molecule has 0 saturated carbocycles. The molecular weight excluding hydrogens is 250 g/mol. The van der Waals surface area contributed by atoms with Crippen molar-refractivity contribution in [2.24, 2.45) is 0 Å². The summed E-state index contributed by atoms with van der Waals surface area (Å²) in [6, 6.07) is 16.0. The molecule has 0 bridgehead atoms. The maximum atomic E-state index is 5.64. The molecule has 0 saturated heterocycles. The van der Waals surface area contributed by atoms with Gasteiger partial charge in [0, 0.05) is 12.2 Å². The number of methoxy groups -OCH3 is 1. The molecular formula is C17H21NO2. The van der Waals surface area contributed by atoms with Gasteiger partial charge in [0.2, 0.25) is 0 Å². The van der Waals surface area contributed by atoms with Crippen LogP contribution < -0.4 is 14.8 Å². The predicted octanol–water partition coefficient (Wildman–Crippen LogP) is 3.88. The number of hydrogen-bond acceptors (Lipinski definition) is 3. The van der Waals surface area contributed by atoms with E-state index in [1.54, 1.807) is 7.11 Å². The highest BCUT2D eigenvalue weighted by Crippen LogP contribution is 2.21. The molecule has 2 aromatic rings. The second kappa shape index (κ2) is 7.43. The Morgan fingerprint density at radius 3 is 2.55 bits per heavy atom. The highest BCUT2D eigenvalue weighted by atomic mass is 16.5. The van der Waals surface area contributed by atoms with Crippen LogP contribution in [0, 0.1) is 6.92 Å². The zero-order valence-corrected chi connectivity index (χ0v) is 12.1. The molecule has 0 radical (unpaired) electrons. The van der Waals surface area contributed by atoms with Gasteiger partial charge in [-0.25, -0.2) is 0 Å². The van der Waals surface area contributed by atoms with Gasteiger partial charge in [0.15, 0.2) is 0 Å². The van der Waals surface area contributed by atoms with Gasteiger partial charge >= 0.3 is 0 Å². The number of para-hydroxylation sites is 1. The molecule has 0 amide bonds. The summed E-state index contributed by atoms with van der Waals surface area (Å²) in [6.07, 6.45) is 0.958. The van der Waals surface area contributed by atoms with Gasteiger partial charge < -0.3 is 14.8 Å². The number of ether oxygens (including phenoxy) is 2. The zero-order chi connectivity index (χ0) is 14.2. The van der Waals surface area contributed by atoms with E-state index in [0.29, 0.717) is 6.61 Å². The summed E-state index contributed by atoms with van der Waals surface area (Å²) in [7, 11) is 1.69. The summed E-state index contributed by atoms with van der Waals surface area (Å²) in [6.45, 7) is 3.65. The van der Waals surface area contributed by atoms with Crippen molar-refractivity contribution >= 4 is 5.69 Å². The Bertz CT molecular complexity index is 526. The second-order valence-electron chi connectivity index (χ2n) is 4.63. The van der Waals surface area contributed by atoms with Crippen LogP contribution in [-0.4, -0.2) is 20.3 Å². The van der Waals surface area contributed by atoms with E-state index >= 15 is 0 Å². The van der Waals surface area contributed by atoms with Crippen LogP contribution in [0.4, 0.5) is 5.69 Å². The summed E-state index contributed by atoms with van der Waals surface area (Å²) in [5.74, 6) is 1.84. The number of nitrogens with one attached hydrogen (secondary N) is 1. The third-order valence-electron chi connectivity index (χ3n) is 3.06. The molecule has 0 atom stereocenters. The van der Waals surface area contributed by atoms with Gasteiger partial charge in [0.25, 0.3) is 0 Å². The first-order valence-electron chi connectivity index (χ1n) is 6.86. The molecule has 0 unspecified atom stereocenters. The van der Waals surface area contributed by atoms with E-state index in [1.807, 2.05) is 49.4 Å². The van der Waals surface area contributed by atoms with Crippen LogP contribution in [0.15, 0.2) is 48.5 Å². The van der Waals surface area contributed by atoms with Crippen molar-refractivity contribution in [3.8, 4) is 11.5 Å². The lowest BCUT2D eigenvalue weighted by Gasteiger charge is -2.10. The molecule has 20 heavy (non-hydrogen) atoms. The average Bonchev–Trinajstić information content (AvgIpc) is 2.48. The number of aryl methyl sites for hydroxylation is 1. The molecule has 0 fully saturated rings. The van der Waals surface area contributed by atoms with E-state index in [4.69, 9.17) is 9.47 Å². The maximum Gasteiger partial charge on any atom is 0.121 e. The monoisotopic (exact) mass is 271 g/mol. The molecule has 3 nitrogen and oxygen atoms in total. The van der Waals surface area contributed by atoms with Crippen molar-refractivity contribution in [1.82, 2.24) is 0 Å².